The zero-order valence-corrected chi connectivity index (χ0v) is 11.2. The fourth-order valence-corrected chi connectivity index (χ4v) is 2.52. The van der Waals surface area contributed by atoms with Crippen molar-refractivity contribution in [3.05, 3.63) is 65.5 Å². The first-order valence-corrected chi connectivity index (χ1v) is 6.59. The summed E-state index contributed by atoms with van der Waals surface area (Å²) >= 11 is 0. The minimum absolute atomic E-state index is 0.0386. The normalized spacial score (nSPS) is 15.9. The van der Waals surface area contributed by atoms with Crippen LogP contribution in [0.15, 0.2) is 53.7 Å². The highest BCUT2D eigenvalue weighted by atomic mass is 19.1. The third-order valence-electron chi connectivity index (χ3n) is 3.55. The molecule has 5 heteroatoms. The standard InChI is InChI=1S/C16H13FN2O2/c17-13-7-3-1-5-11(13)16(20)19-10-9-14(18-21)12-6-2-4-8-15(12)19/h1-8,21H,9-10H2. The average molecular weight is 284 g/mol. The molecule has 1 amide bonds. The van der Waals surface area contributed by atoms with Gasteiger partial charge in [0.2, 0.25) is 0 Å². The number of oxime groups is 1. The first kappa shape index (κ1) is 13.3. The van der Waals surface area contributed by atoms with Gasteiger partial charge in [0.1, 0.15) is 5.82 Å². The quantitative estimate of drug-likeness (QED) is 0.646. The number of carbonyl (C=O) groups is 1. The van der Waals surface area contributed by atoms with E-state index >= 15 is 0 Å². The van der Waals surface area contributed by atoms with Gasteiger partial charge in [-0.15, -0.1) is 0 Å². The lowest BCUT2D eigenvalue weighted by molar-refractivity contribution is 0.0983. The molecule has 1 heterocycles. The molecule has 0 fully saturated rings. The number of para-hydroxylation sites is 1. The maximum atomic E-state index is 13.8. The SMILES string of the molecule is O=C(c1ccccc1F)N1CCC(=NO)c2ccccc21. The van der Waals surface area contributed by atoms with Gasteiger partial charge in [-0.05, 0) is 18.2 Å². The van der Waals surface area contributed by atoms with Gasteiger partial charge in [-0.25, -0.2) is 4.39 Å². The van der Waals surface area contributed by atoms with Crippen LogP contribution in [0.4, 0.5) is 10.1 Å². The van der Waals surface area contributed by atoms with Crippen LogP contribution in [0.1, 0.15) is 22.3 Å². The number of benzene rings is 2. The molecule has 2 aromatic carbocycles. The van der Waals surface area contributed by atoms with Gasteiger partial charge in [0, 0.05) is 18.5 Å². The van der Waals surface area contributed by atoms with Gasteiger partial charge in [-0.1, -0.05) is 35.5 Å². The van der Waals surface area contributed by atoms with Crippen molar-refractivity contribution in [2.75, 3.05) is 11.4 Å². The number of nitrogens with zero attached hydrogens (tertiary/aromatic N) is 2. The third kappa shape index (κ3) is 2.27. The van der Waals surface area contributed by atoms with Crippen LogP contribution in [0.5, 0.6) is 0 Å². The minimum Gasteiger partial charge on any atom is -0.411 e. The predicted molar refractivity (Wildman–Crippen MR) is 77.5 cm³/mol. The fourth-order valence-electron chi connectivity index (χ4n) is 2.52. The van der Waals surface area contributed by atoms with Crippen molar-refractivity contribution in [1.29, 1.82) is 0 Å². The predicted octanol–water partition coefficient (Wildman–Crippen LogP) is 3.05. The average Bonchev–Trinajstić information content (AvgIpc) is 2.53. The maximum Gasteiger partial charge on any atom is 0.261 e. The molecule has 1 aliphatic rings. The molecular formula is C16H13FN2O2. The highest BCUT2D eigenvalue weighted by Crippen LogP contribution is 2.29. The van der Waals surface area contributed by atoms with Crippen molar-refractivity contribution in [1.82, 2.24) is 0 Å². The smallest absolute Gasteiger partial charge is 0.261 e. The van der Waals surface area contributed by atoms with Crippen molar-refractivity contribution in [3.8, 4) is 0 Å². The Morgan fingerprint density at radius 1 is 1.14 bits per heavy atom. The van der Waals surface area contributed by atoms with Crippen molar-refractivity contribution >= 4 is 17.3 Å². The Hall–Kier alpha value is -2.69. The lowest BCUT2D eigenvalue weighted by atomic mass is 9.98. The molecule has 0 aliphatic carbocycles. The largest absolute Gasteiger partial charge is 0.411 e. The molecule has 1 aliphatic heterocycles. The number of rotatable bonds is 1. The molecule has 0 saturated carbocycles. The molecule has 2 aromatic rings. The number of hydrogen-bond donors (Lipinski definition) is 1. The zero-order valence-electron chi connectivity index (χ0n) is 11.2. The molecule has 0 atom stereocenters. The molecule has 0 aromatic heterocycles. The van der Waals surface area contributed by atoms with Crippen molar-refractivity contribution in [3.63, 3.8) is 0 Å². The second-order valence-electron chi connectivity index (χ2n) is 4.75. The third-order valence-corrected chi connectivity index (χ3v) is 3.55. The van der Waals surface area contributed by atoms with Crippen molar-refractivity contribution in [2.45, 2.75) is 6.42 Å². The van der Waals surface area contributed by atoms with Crippen molar-refractivity contribution < 1.29 is 14.4 Å². The number of anilines is 1. The number of halogens is 1. The van der Waals surface area contributed by atoms with E-state index in [1.807, 2.05) is 0 Å². The summed E-state index contributed by atoms with van der Waals surface area (Å²) in [7, 11) is 0. The summed E-state index contributed by atoms with van der Waals surface area (Å²) < 4.78 is 13.8. The van der Waals surface area contributed by atoms with E-state index in [1.165, 1.54) is 17.0 Å². The van der Waals surface area contributed by atoms with E-state index < -0.39 is 11.7 Å². The van der Waals surface area contributed by atoms with E-state index in [0.29, 0.717) is 29.9 Å². The van der Waals surface area contributed by atoms with E-state index in [0.717, 1.165) is 0 Å². The molecule has 106 valence electrons. The Morgan fingerprint density at radius 3 is 2.62 bits per heavy atom. The van der Waals surface area contributed by atoms with E-state index in [9.17, 15) is 9.18 Å². The topological polar surface area (TPSA) is 52.9 Å². The van der Waals surface area contributed by atoms with Crippen LogP contribution >= 0.6 is 0 Å². The fraction of sp³-hybridized carbons (Fsp3) is 0.125. The second kappa shape index (κ2) is 5.36. The van der Waals surface area contributed by atoms with Crippen LogP contribution in [-0.4, -0.2) is 23.4 Å². The van der Waals surface area contributed by atoms with E-state index in [-0.39, 0.29) is 5.56 Å². The molecular weight excluding hydrogens is 271 g/mol. The van der Waals surface area contributed by atoms with Crippen LogP contribution in [0.25, 0.3) is 0 Å². The zero-order chi connectivity index (χ0) is 14.8. The van der Waals surface area contributed by atoms with Gasteiger partial charge in [0.15, 0.2) is 0 Å². The summed E-state index contributed by atoms with van der Waals surface area (Å²) in [5.74, 6) is -0.931. The summed E-state index contributed by atoms with van der Waals surface area (Å²) in [6.45, 7) is 0.351. The molecule has 0 saturated heterocycles. The molecule has 0 spiro atoms. The lowest BCUT2D eigenvalue weighted by Gasteiger charge is -2.29. The highest BCUT2D eigenvalue weighted by molar-refractivity contribution is 6.14. The number of hydrogen-bond acceptors (Lipinski definition) is 3. The van der Waals surface area contributed by atoms with Gasteiger partial charge in [0.25, 0.3) is 5.91 Å². The molecule has 21 heavy (non-hydrogen) atoms. The van der Waals surface area contributed by atoms with Crippen LogP contribution < -0.4 is 4.90 Å². The van der Waals surface area contributed by atoms with Crippen LogP contribution in [0, 0.1) is 5.82 Å². The Morgan fingerprint density at radius 2 is 1.86 bits per heavy atom. The number of fused-ring (bicyclic) bond motifs is 1. The minimum atomic E-state index is -0.540. The van der Waals surface area contributed by atoms with Gasteiger partial charge in [-0.3, -0.25) is 4.79 Å². The number of carbonyl (C=O) groups excluding carboxylic acids is 1. The first-order valence-electron chi connectivity index (χ1n) is 6.59. The Bertz CT molecular complexity index is 728. The summed E-state index contributed by atoms with van der Waals surface area (Å²) in [4.78, 5) is 14.1. The summed E-state index contributed by atoms with van der Waals surface area (Å²) in [6, 6.07) is 13.1. The number of amides is 1. The van der Waals surface area contributed by atoms with Gasteiger partial charge in [0.05, 0.1) is 17.0 Å². The molecule has 0 unspecified atom stereocenters. The van der Waals surface area contributed by atoms with Gasteiger partial charge >= 0.3 is 0 Å². The summed E-state index contributed by atoms with van der Waals surface area (Å²) in [5.41, 5.74) is 1.89. The molecule has 1 N–H and O–H groups in total. The van der Waals surface area contributed by atoms with Crippen LogP contribution in [0.3, 0.4) is 0 Å². The van der Waals surface area contributed by atoms with Gasteiger partial charge in [-0.2, -0.15) is 0 Å². The van der Waals surface area contributed by atoms with E-state index in [4.69, 9.17) is 5.21 Å². The molecule has 0 radical (unpaired) electrons. The van der Waals surface area contributed by atoms with Crippen LogP contribution in [0.2, 0.25) is 0 Å². The molecule has 4 nitrogen and oxygen atoms in total. The second-order valence-corrected chi connectivity index (χ2v) is 4.75. The summed E-state index contributed by atoms with van der Waals surface area (Å²) in [5, 5.41) is 12.3. The monoisotopic (exact) mass is 284 g/mol. The summed E-state index contributed by atoms with van der Waals surface area (Å²) in [6.07, 6.45) is 0.424. The Kier molecular flexibility index (Phi) is 3.39. The van der Waals surface area contributed by atoms with E-state index in [1.54, 1.807) is 36.4 Å². The maximum absolute atomic E-state index is 13.8. The highest BCUT2D eigenvalue weighted by Gasteiger charge is 2.28. The molecule has 0 bridgehead atoms. The van der Waals surface area contributed by atoms with E-state index in [2.05, 4.69) is 5.16 Å². The Labute approximate surface area is 121 Å². The first-order chi connectivity index (χ1) is 10.2. The van der Waals surface area contributed by atoms with Gasteiger partial charge < -0.3 is 10.1 Å². The molecule has 3 rings (SSSR count). The van der Waals surface area contributed by atoms with Crippen LogP contribution in [-0.2, 0) is 0 Å². The van der Waals surface area contributed by atoms with Crippen molar-refractivity contribution in [2.24, 2.45) is 5.16 Å². The lowest BCUT2D eigenvalue weighted by Crippen LogP contribution is -2.38. The Balaban J connectivity index is 2.05.